The van der Waals surface area contributed by atoms with Crippen LogP contribution in [0.3, 0.4) is 0 Å². The predicted molar refractivity (Wildman–Crippen MR) is 115 cm³/mol. The molecule has 0 aromatic heterocycles. The second-order valence-corrected chi connectivity index (χ2v) is 8.19. The molecule has 2 N–H and O–H groups in total. The molecule has 0 heterocycles. The van der Waals surface area contributed by atoms with Gasteiger partial charge in [0.25, 0.3) is 0 Å². The van der Waals surface area contributed by atoms with Crippen LogP contribution in [0.4, 0.5) is 0 Å². The van der Waals surface area contributed by atoms with Crippen LogP contribution < -0.4 is 10.6 Å². The summed E-state index contributed by atoms with van der Waals surface area (Å²) in [7, 11) is 0. The monoisotopic (exact) mass is 396 g/mol. The van der Waals surface area contributed by atoms with Gasteiger partial charge in [0, 0.05) is 38.6 Å². The summed E-state index contributed by atoms with van der Waals surface area (Å²) in [6.45, 7) is 4.24. The third-order valence-corrected chi connectivity index (χ3v) is 5.48. The molecule has 0 radical (unpaired) electrons. The number of ether oxygens (including phenoxy) is 1. The second kappa shape index (κ2) is 18.0. The van der Waals surface area contributed by atoms with Crippen LogP contribution in [0.15, 0.2) is 0 Å². The van der Waals surface area contributed by atoms with Crippen LogP contribution in [0.2, 0.25) is 0 Å². The molecule has 0 aliphatic heterocycles. The first kappa shape index (κ1) is 24.9. The normalized spacial score (nSPS) is 17.3. The molecule has 0 unspecified atom stereocenters. The first-order valence-corrected chi connectivity index (χ1v) is 11.9. The van der Waals surface area contributed by atoms with Crippen molar-refractivity contribution < 1.29 is 14.3 Å². The van der Waals surface area contributed by atoms with Gasteiger partial charge in [0.1, 0.15) is 0 Å². The summed E-state index contributed by atoms with van der Waals surface area (Å²) in [5.74, 6) is -0.0162. The molecule has 1 fully saturated rings. The number of hydrogen-bond acceptors (Lipinski definition) is 3. The van der Waals surface area contributed by atoms with Crippen molar-refractivity contribution in [3.05, 3.63) is 0 Å². The zero-order valence-corrected chi connectivity index (χ0v) is 18.2. The minimum Gasteiger partial charge on any atom is -0.381 e. The number of rotatable bonds is 11. The zero-order valence-electron chi connectivity index (χ0n) is 18.2. The molecule has 1 rings (SSSR count). The van der Waals surface area contributed by atoms with Gasteiger partial charge in [-0.05, 0) is 25.7 Å². The lowest BCUT2D eigenvalue weighted by Gasteiger charge is -2.19. The summed E-state index contributed by atoms with van der Waals surface area (Å²) >= 11 is 0. The minimum absolute atomic E-state index is 0.0233. The first-order valence-electron chi connectivity index (χ1n) is 11.9. The largest absolute Gasteiger partial charge is 0.381 e. The average molecular weight is 397 g/mol. The molecule has 2 amide bonds. The molecule has 0 aromatic carbocycles. The van der Waals surface area contributed by atoms with Gasteiger partial charge in [0.15, 0.2) is 0 Å². The van der Waals surface area contributed by atoms with Crippen LogP contribution in [0.5, 0.6) is 0 Å². The summed E-state index contributed by atoms with van der Waals surface area (Å²) < 4.78 is 5.47. The van der Waals surface area contributed by atoms with E-state index >= 15 is 0 Å². The van der Waals surface area contributed by atoms with Gasteiger partial charge in [-0.3, -0.25) is 9.59 Å². The van der Waals surface area contributed by atoms with E-state index in [0.717, 1.165) is 38.7 Å². The van der Waals surface area contributed by atoms with E-state index < -0.39 is 0 Å². The first-order chi connectivity index (χ1) is 13.7. The zero-order chi connectivity index (χ0) is 20.3. The van der Waals surface area contributed by atoms with Crippen LogP contribution in [-0.4, -0.2) is 37.6 Å². The summed E-state index contributed by atoms with van der Waals surface area (Å²) in [6.07, 6.45) is 17.5. The molecule has 0 bridgehead atoms. The minimum atomic E-state index is -0.0394. The topological polar surface area (TPSA) is 67.4 Å². The van der Waals surface area contributed by atoms with Crippen LogP contribution in [0, 0.1) is 0 Å². The number of carbonyl (C=O) groups excluding carboxylic acids is 2. The maximum Gasteiger partial charge on any atom is 0.220 e. The molecule has 1 aliphatic rings. The number of amides is 2. The van der Waals surface area contributed by atoms with E-state index in [1.54, 1.807) is 0 Å². The molecule has 0 atom stereocenters. The quantitative estimate of drug-likeness (QED) is 0.489. The Morgan fingerprint density at radius 3 is 1.93 bits per heavy atom. The molecule has 164 valence electrons. The van der Waals surface area contributed by atoms with Gasteiger partial charge in [-0.2, -0.15) is 0 Å². The van der Waals surface area contributed by atoms with Gasteiger partial charge in [-0.1, -0.05) is 71.1 Å². The van der Waals surface area contributed by atoms with Crippen molar-refractivity contribution in [2.45, 2.75) is 116 Å². The highest BCUT2D eigenvalue weighted by molar-refractivity contribution is 5.83. The van der Waals surface area contributed by atoms with Gasteiger partial charge < -0.3 is 15.4 Å². The Morgan fingerprint density at radius 1 is 0.786 bits per heavy atom. The van der Waals surface area contributed by atoms with Crippen LogP contribution in [0.25, 0.3) is 0 Å². The standard InChI is InChI=1S/C23H44N2O3/c1-2-3-19-28-20-13-18-24-22(26)16-17-23(27)25-21-14-11-9-7-5-4-6-8-10-12-15-21/h21H,2-20H2,1H3,(H,24,26)(H,25,27). The van der Waals surface area contributed by atoms with Gasteiger partial charge in [0.2, 0.25) is 11.8 Å². The molecule has 0 saturated heterocycles. The molecule has 1 saturated carbocycles. The third kappa shape index (κ3) is 14.9. The van der Waals surface area contributed by atoms with E-state index in [9.17, 15) is 9.59 Å². The van der Waals surface area contributed by atoms with E-state index in [1.807, 2.05) is 0 Å². The van der Waals surface area contributed by atoms with E-state index in [4.69, 9.17) is 4.74 Å². The van der Waals surface area contributed by atoms with Crippen molar-refractivity contribution in [1.29, 1.82) is 0 Å². The number of hydrogen-bond donors (Lipinski definition) is 2. The van der Waals surface area contributed by atoms with Crippen molar-refractivity contribution in [2.24, 2.45) is 0 Å². The van der Waals surface area contributed by atoms with E-state index in [0.29, 0.717) is 13.2 Å². The molecule has 5 nitrogen and oxygen atoms in total. The van der Waals surface area contributed by atoms with Gasteiger partial charge in [-0.25, -0.2) is 0 Å². The Bertz CT molecular complexity index is 389. The van der Waals surface area contributed by atoms with Gasteiger partial charge in [0.05, 0.1) is 0 Å². The highest BCUT2D eigenvalue weighted by Gasteiger charge is 2.13. The maximum absolute atomic E-state index is 12.3. The summed E-state index contributed by atoms with van der Waals surface area (Å²) in [5.41, 5.74) is 0. The highest BCUT2D eigenvalue weighted by Crippen LogP contribution is 2.17. The Hall–Kier alpha value is -1.10. The molecule has 1 aliphatic carbocycles. The van der Waals surface area contributed by atoms with Crippen molar-refractivity contribution in [1.82, 2.24) is 10.6 Å². The van der Waals surface area contributed by atoms with Crippen molar-refractivity contribution in [3.63, 3.8) is 0 Å². The lowest BCUT2D eigenvalue weighted by Crippen LogP contribution is -2.36. The smallest absolute Gasteiger partial charge is 0.220 e. The predicted octanol–water partition coefficient (Wildman–Crippen LogP) is 4.88. The fourth-order valence-corrected chi connectivity index (χ4v) is 3.67. The molecular weight excluding hydrogens is 352 g/mol. The van der Waals surface area contributed by atoms with Gasteiger partial charge >= 0.3 is 0 Å². The number of unbranched alkanes of at least 4 members (excludes halogenated alkanes) is 1. The summed E-state index contributed by atoms with van der Waals surface area (Å²) in [5, 5.41) is 6.06. The Labute approximate surface area is 172 Å². The van der Waals surface area contributed by atoms with E-state index in [2.05, 4.69) is 17.6 Å². The molecule has 0 spiro atoms. The van der Waals surface area contributed by atoms with Crippen LogP contribution >= 0.6 is 0 Å². The summed E-state index contributed by atoms with van der Waals surface area (Å²) in [4.78, 5) is 24.2. The van der Waals surface area contributed by atoms with E-state index in [1.165, 1.54) is 57.8 Å². The number of nitrogens with one attached hydrogen (secondary N) is 2. The molecular formula is C23H44N2O3. The fraction of sp³-hybridized carbons (Fsp3) is 0.913. The van der Waals surface area contributed by atoms with Crippen molar-refractivity contribution in [3.8, 4) is 0 Å². The second-order valence-electron chi connectivity index (χ2n) is 8.19. The van der Waals surface area contributed by atoms with E-state index in [-0.39, 0.29) is 30.7 Å². The Kier molecular flexibility index (Phi) is 16.0. The van der Waals surface area contributed by atoms with Crippen LogP contribution in [0.1, 0.15) is 110 Å². The SMILES string of the molecule is CCCCOCCCNC(=O)CCC(=O)NC1CCCCCCCCCCC1. The third-order valence-electron chi connectivity index (χ3n) is 5.48. The molecule has 28 heavy (non-hydrogen) atoms. The average Bonchev–Trinajstić information content (AvgIpc) is 2.68. The molecule has 0 aromatic rings. The summed E-state index contributed by atoms with van der Waals surface area (Å²) in [6, 6.07) is 0.287. The Morgan fingerprint density at radius 2 is 1.32 bits per heavy atom. The molecule has 5 heteroatoms. The Balaban J connectivity index is 2.12. The lowest BCUT2D eigenvalue weighted by atomic mass is 9.98. The fourth-order valence-electron chi connectivity index (χ4n) is 3.67. The van der Waals surface area contributed by atoms with Gasteiger partial charge in [-0.15, -0.1) is 0 Å². The lowest BCUT2D eigenvalue weighted by molar-refractivity contribution is -0.126. The number of carbonyl (C=O) groups is 2. The van der Waals surface area contributed by atoms with Crippen LogP contribution in [-0.2, 0) is 14.3 Å². The van der Waals surface area contributed by atoms with Crippen molar-refractivity contribution >= 4 is 11.8 Å². The maximum atomic E-state index is 12.3. The highest BCUT2D eigenvalue weighted by atomic mass is 16.5. The van der Waals surface area contributed by atoms with Crippen molar-refractivity contribution in [2.75, 3.05) is 19.8 Å².